The second-order valence-electron chi connectivity index (χ2n) is 3.14. The zero-order chi connectivity index (χ0) is 12.6. The number of rotatable bonds is 1. The lowest BCUT2D eigenvalue weighted by Crippen LogP contribution is -1.95. The highest BCUT2D eigenvalue weighted by atomic mass is 19.2. The van der Waals surface area contributed by atoms with Crippen molar-refractivity contribution < 1.29 is 17.6 Å². The quantitative estimate of drug-likeness (QED) is 0.234. The van der Waals surface area contributed by atoms with Gasteiger partial charge in [0, 0.05) is 10.3 Å². The number of azide groups is 1. The van der Waals surface area contributed by atoms with E-state index in [0.29, 0.717) is 0 Å². The normalized spacial score (nSPS) is 10.4. The van der Waals surface area contributed by atoms with Gasteiger partial charge in [-0.25, -0.2) is 17.6 Å². The number of nitrogens with zero attached hydrogens (tertiary/aromatic N) is 3. The maximum Gasteiger partial charge on any atom is 0.195 e. The summed E-state index contributed by atoms with van der Waals surface area (Å²) in [6.45, 7) is 0. The Morgan fingerprint density at radius 1 is 1.00 bits per heavy atom. The Morgan fingerprint density at radius 2 is 1.71 bits per heavy atom. The van der Waals surface area contributed by atoms with Gasteiger partial charge < -0.3 is 0 Å². The predicted molar refractivity (Wildman–Crippen MR) is 52.6 cm³/mol. The van der Waals surface area contributed by atoms with Crippen molar-refractivity contribution in [3.8, 4) is 0 Å². The lowest BCUT2D eigenvalue weighted by atomic mass is 10.1. The van der Waals surface area contributed by atoms with Gasteiger partial charge in [-0.05, 0) is 11.6 Å². The fourth-order valence-electron chi connectivity index (χ4n) is 1.52. The van der Waals surface area contributed by atoms with E-state index in [9.17, 15) is 17.6 Å². The summed E-state index contributed by atoms with van der Waals surface area (Å²) in [5.74, 6) is -6.22. The molecule has 17 heavy (non-hydrogen) atoms. The van der Waals surface area contributed by atoms with Crippen LogP contribution in [0.15, 0.2) is 23.3 Å². The second kappa shape index (κ2) is 3.95. The molecule has 2 rings (SSSR count). The van der Waals surface area contributed by atoms with Crippen molar-refractivity contribution >= 4 is 16.5 Å². The molecule has 0 aromatic heterocycles. The van der Waals surface area contributed by atoms with E-state index in [1.807, 2.05) is 0 Å². The molecule has 0 aliphatic rings. The van der Waals surface area contributed by atoms with Gasteiger partial charge in [-0.15, -0.1) is 0 Å². The highest BCUT2D eigenvalue weighted by Gasteiger charge is 2.21. The maximum absolute atomic E-state index is 13.4. The predicted octanol–water partition coefficient (Wildman–Crippen LogP) is 4.34. The molecule has 0 spiro atoms. The smallest absolute Gasteiger partial charge is 0.195 e. The highest BCUT2D eigenvalue weighted by Crippen LogP contribution is 2.35. The van der Waals surface area contributed by atoms with Crippen LogP contribution in [0.1, 0.15) is 0 Å². The molecule has 3 nitrogen and oxygen atoms in total. The zero-order valence-corrected chi connectivity index (χ0v) is 8.09. The first-order chi connectivity index (χ1) is 8.07. The highest BCUT2D eigenvalue weighted by molar-refractivity contribution is 5.93. The number of fused-ring (bicyclic) bond motifs is 1. The van der Waals surface area contributed by atoms with Crippen LogP contribution in [-0.2, 0) is 0 Å². The van der Waals surface area contributed by atoms with E-state index in [1.165, 1.54) is 6.07 Å². The minimum absolute atomic E-state index is 0.320. The number of hydrogen-bond donors (Lipinski definition) is 0. The van der Waals surface area contributed by atoms with Gasteiger partial charge in [-0.3, -0.25) is 0 Å². The third-order valence-corrected chi connectivity index (χ3v) is 2.23. The minimum Gasteiger partial charge on any atom is -0.206 e. The van der Waals surface area contributed by atoms with Gasteiger partial charge in [-0.2, -0.15) is 0 Å². The molecule has 0 unspecified atom stereocenters. The van der Waals surface area contributed by atoms with Gasteiger partial charge in [-0.1, -0.05) is 17.2 Å². The summed E-state index contributed by atoms with van der Waals surface area (Å²) < 4.78 is 53.1. The number of hydrogen-bond acceptors (Lipinski definition) is 1. The fourth-order valence-corrected chi connectivity index (χ4v) is 1.52. The SMILES string of the molecule is [N-]=[N+]=Nc1c(F)c(F)c(F)c2c(F)cccc12. The van der Waals surface area contributed by atoms with Crippen molar-refractivity contribution in [2.75, 3.05) is 0 Å². The molecule has 0 radical (unpaired) electrons. The lowest BCUT2D eigenvalue weighted by molar-refractivity contribution is 0.452. The summed E-state index contributed by atoms with van der Waals surface area (Å²) in [4.78, 5) is 2.29. The van der Waals surface area contributed by atoms with Gasteiger partial charge >= 0.3 is 0 Å². The molecule has 0 N–H and O–H groups in total. The van der Waals surface area contributed by atoms with E-state index < -0.39 is 34.3 Å². The molecule has 0 saturated heterocycles. The summed E-state index contributed by atoms with van der Waals surface area (Å²) in [7, 11) is 0. The molecule has 0 saturated carbocycles. The van der Waals surface area contributed by atoms with Gasteiger partial charge in [0.2, 0.25) is 0 Å². The average molecular weight is 241 g/mol. The van der Waals surface area contributed by atoms with Crippen molar-refractivity contribution in [2.45, 2.75) is 0 Å². The molecule has 0 heterocycles. The van der Waals surface area contributed by atoms with Crippen LogP contribution in [0, 0.1) is 23.3 Å². The molecule has 0 fully saturated rings. The average Bonchev–Trinajstić information content (AvgIpc) is 2.31. The van der Waals surface area contributed by atoms with E-state index in [0.717, 1.165) is 12.1 Å². The summed E-state index contributed by atoms with van der Waals surface area (Å²) in [6.07, 6.45) is 0. The Hall–Kier alpha value is -2.27. The molecule has 7 heteroatoms. The molecule has 0 bridgehead atoms. The zero-order valence-electron chi connectivity index (χ0n) is 8.09. The van der Waals surface area contributed by atoms with Crippen LogP contribution in [0.5, 0.6) is 0 Å². The number of halogens is 4. The summed E-state index contributed by atoms with van der Waals surface area (Å²) in [5, 5.41) is 1.85. The van der Waals surface area contributed by atoms with E-state index in [4.69, 9.17) is 5.53 Å². The molecule has 2 aromatic carbocycles. The van der Waals surface area contributed by atoms with Gasteiger partial charge in [0.1, 0.15) is 5.82 Å². The molecular formula is C10H3F4N3. The summed E-state index contributed by atoms with van der Waals surface area (Å²) in [6, 6.07) is 3.20. The monoisotopic (exact) mass is 241 g/mol. The molecule has 0 atom stereocenters. The van der Waals surface area contributed by atoms with Crippen LogP contribution < -0.4 is 0 Å². The van der Waals surface area contributed by atoms with Crippen LogP contribution in [0.3, 0.4) is 0 Å². The van der Waals surface area contributed by atoms with Crippen molar-refractivity contribution in [3.63, 3.8) is 0 Å². The first-order valence-electron chi connectivity index (χ1n) is 4.37. The Balaban J connectivity index is 3.09. The van der Waals surface area contributed by atoms with Crippen LogP contribution in [-0.4, -0.2) is 0 Å². The van der Waals surface area contributed by atoms with Crippen molar-refractivity contribution in [3.05, 3.63) is 51.9 Å². The first-order valence-corrected chi connectivity index (χ1v) is 4.37. The standard InChI is InChI=1S/C10H3F4N3/c11-5-3-1-2-4-6(5)7(12)8(13)9(14)10(4)16-17-15/h1-3H. The second-order valence-corrected chi connectivity index (χ2v) is 3.14. The fraction of sp³-hybridized carbons (Fsp3) is 0. The van der Waals surface area contributed by atoms with Gasteiger partial charge in [0.05, 0.1) is 11.1 Å². The lowest BCUT2D eigenvalue weighted by Gasteiger charge is -2.06. The molecule has 0 amide bonds. The van der Waals surface area contributed by atoms with E-state index in [1.54, 1.807) is 0 Å². The summed E-state index contributed by atoms with van der Waals surface area (Å²) >= 11 is 0. The molecule has 86 valence electrons. The first kappa shape index (κ1) is 11.2. The Morgan fingerprint density at radius 3 is 2.35 bits per heavy atom. The molecule has 0 aliphatic carbocycles. The van der Waals surface area contributed by atoms with Crippen molar-refractivity contribution in [1.82, 2.24) is 0 Å². The van der Waals surface area contributed by atoms with Crippen LogP contribution in [0.2, 0.25) is 0 Å². The Kier molecular flexibility index (Phi) is 2.61. The third-order valence-electron chi connectivity index (χ3n) is 2.23. The van der Waals surface area contributed by atoms with E-state index >= 15 is 0 Å². The summed E-state index contributed by atoms with van der Waals surface area (Å²) in [5.41, 5.74) is 7.45. The molecule has 2 aromatic rings. The van der Waals surface area contributed by atoms with Gasteiger partial charge in [0.25, 0.3) is 0 Å². The van der Waals surface area contributed by atoms with Crippen molar-refractivity contribution in [1.29, 1.82) is 0 Å². The van der Waals surface area contributed by atoms with Crippen molar-refractivity contribution in [2.24, 2.45) is 5.11 Å². The van der Waals surface area contributed by atoms with E-state index in [2.05, 4.69) is 10.0 Å². The Labute approximate surface area is 91.9 Å². The van der Waals surface area contributed by atoms with E-state index in [-0.39, 0.29) is 5.39 Å². The number of benzene rings is 2. The molecular weight excluding hydrogens is 238 g/mol. The van der Waals surface area contributed by atoms with Crippen LogP contribution >= 0.6 is 0 Å². The van der Waals surface area contributed by atoms with Crippen LogP contribution in [0.4, 0.5) is 23.2 Å². The third kappa shape index (κ3) is 1.57. The minimum atomic E-state index is -1.87. The molecule has 0 aliphatic heterocycles. The maximum atomic E-state index is 13.4. The Bertz CT molecular complexity index is 662. The van der Waals surface area contributed by atoms with Crippen LogP contribution in [0.25, 0.3) is 21.2 Å². The van der Waals surface area contributed by atoms with Gasteiger partial charge in [0.15, 0.2) is 17.5 Å². The largest absolute Gasteiger partial charge is 0.206 e. The topological polar surface area (TPSA) is 48.8 Å².